The van der Waals surface area contributed by atoms with E-state index < -0.39 is 5.41 Å². The van der Waals surface area contributed by atoms with Gasteiger partial charge in [0.25, 0.3) is 0 Å². The van der Waals surface area contributed by atoms with Crippen LogP contribution in [0.4, 0.5) is 0 Å². The normalized spacial score (nSPS) is 12.7. The first-order valence-electron chi connectivity index (χ1n) is 21.0. The van der Waals surface area contributed by atoms with Crippen molar-refractivity contribution in [1.82, 2.24) is 9.97 Å². The quantitative estimate of drug-likeness (QED) is 0.174. The van der Waals surface area contributed by atoms with Crippen molar-refractivity contribution >= 4 is 0 Å². The Morgan fingerprint density at radius 1 is 0.230 bits per heavy atom. The highest BCUT2D eigenvalue weighted by Crippen LogP contribution is 2.61. The minimum atomic E-state index is -0.537. The van der Waals surface area contributed by atoms with Crippen LogP contribution in [-0.4, -0.2) is 9.97 Å². The zero-order chi connectivity index (χ0) is 40.3. The average Bonchev–Trinajstić information content (AvgIpc) is 3.59. The molecule has 1 aromatic heterocycles. The molecule has 2 heteroatoms. The molecular weight excluding hydrogens is 737 g/mol. The SMILES string of the molecule is c1ccc(-c2cccc(-c3nc(-c4ccc5c(c4)-c4ccccc4-c4ccccc4C54c5ccccc5-c5ccccc54)cc(-c4ccccc4-c4ccccc4)n3)c2)cc1. The van der Waals surface area contributed by atoms with Gasteiger partial charge in [0.05, 0.1) is 16.8 Å². The van der Waals surface area contributed by atoms with Crippen molar-refractivity contribution in [3.8, 4) is 89.5 Å². The Hall–Kier alpha value is -7.94. The summed E-state index contributed by atoms with van der Waals surface area (Å²) in [7, 11) is 0. The smallest absolute Gasteiger partial charge is 0.160 e. The number of hydrogen-bond donors (Lipinski definition) is 0. The molecule has 9 aromatic carbocycles. The molecule has 1 spiro atoms. The third kappa shape index (κ3) is 5.50. The van der Waals surface area contributed by atoms with Crippen LogP contribution in [0, 0.1) is 0 Å². The summed E-state index contributed by atoms with van der Waals surface area (Å²) in [4.78, 5) is 10.8. The zero-order valence-corrected chi connectivity index (χ0v) is 33.3. The second-order valence-electron chi connectivity index (χ2n) is 16.0. The van der Waals surface area contributed by atoms with Crippen LogP contribution in [0.1, 0.15) is 22.3 Å². The van der Waals surface area contributed by atoms with Gasteiger partial charge in [-0.05, 0) is 96.1 Å². The molecule has 61 heavy (non-hydrogen) atoms. The molecule has 0 aliphatic heterocycles. The van der Waals surface area contributed by atoms with E-state index in [1.807, 2.05) is 0 Å². The number of fused-ring (bicyclic) bond motifs is 12. The average molecular weight is 775 g/mol. The first-order valence-corrected chi connectivity index (χ1v) is 21.0. The van der Waals surface area contributed by atoms with Crippen molar-refractivity contribution < 1.29 is 0 Å². The lowest BCUT2D eigenvalue weighted by molar-refractivity contribution is 0.775. The maximum absolute atomic E-state index is 5.45. The molecule has 12 rings (SSSR count). The van der Waals surface area contributed by atoms with Gasteiger partial charge in [-0.15, -0.1) is 0 Å². The molecule has 0 bridgehead atoms. The Bertz CT molecular complexity index is 3260. The summed E-state index contributed by atoms with van der Waals surface area (Å²) in [5.41, 5.74) is 21.5. The second kappa shape index (κ2) is 14.1. The minimum absolute atomic E-state index is 0.537. The Balaban J connectivity index is 1.13. The summed E-state index contributed by atoms with van der Waals surface area (Å²) in [6.07, 6.45) is 0. The zero-order valence-electron chi connectivity index (χ0n) is 33.3. The molecule has 0 saturated heterocycles. The molecule has 284 valence electrons. The Kier molecular flexibility index (Phi) is 8.11. The number of benzene rings is 9. The molecule has 2 aliphatic carbocycles. The van der Waals surface area contributed by atoms with Crippen LogP contribution in [0.3, 0.4) is 0 Å². The highest BCUT2D eigenvalue weighted by atomic mass is 14.9. The van der Waals surface area contributed by atoms with E-state index in [-0.39, 0.29) is 0 Å². The topological polar surface area (TPSA) is 25.8 Å². The van der Waals surface area contributed by atoms with Gasteiger partial charge in [0, 0.05) is 16.7 Å². The molecule has 0 N–H and O–H groups in total. The summed E-state index contributed by atoms with van der Waals surface area (Å²) in [6, 6.07) is 83.6. The molecule has 0 saturated carbocycles. The lowest BCUT2D eigenvalue weighted by Gasteiger charge is -2.35. The fourth-order valence-corrected chi connectivity index (χ4v) is 10.1. The second-order valence-corrected chi connectivity index (χ2v) is 16.0. The molecule has 2 nitrogen and oxygen atoms in total. The van der Waals surface area contributed by atoms with Gasteiger partial charge >= 0.3 is 0 Å². The number of aromatic nitrogens is 2. The van der Waals surface area contributed by atoms with Gasteiger partial charge in [0.15, 0.2) is 5.82 Å². The van der Waals surface area contributed by atoms with Crippen molar-refractivity contribution in [3.05, 3.63) is 253 Å². The summed E-state index contributed by atoms with van der Waals surface area (Å²) >= 11 is 0. The number of nitrogens with zero attached hydrogens (tertiary/aromatic N) is 2. The van der Waals surface area contributed by atoms with E-state index in [1.165, 1.54) is 55.6 Å². The molecule has 0 unspecified atom stereocenters. The summed E-state index contributed by atoms with van der Waals surface area (Å²) < 4.78 is 0. The highest BCUT2D eigenvalue weighted by Gasteiger charge is 2.49. The van der Waals surface area contributed by atoms with E-state index >= 15 is 0 Å². The predicted octanol–water partition coefficient (Wildman–Crippen LogP) is 14.8. The first kappa shape index (κ1) is 35.0. The van der Waals surface area contributed by atoms with Gasteiger partial charge in [-0.3, -0.25) is 0 Å². The molecule has 1 heterocycles. The molecule has 0 fully saturated rings. The Labute approximate surface area is 356 Å². The standard InChI is InChI=1S/C59H38N2/c1-3-18-39(19-4-1)41-22-17-23-43(36-41)58-60-56(38-57(61-58)50-30-10-7-24-44(50)40-20-5-2-6-21-40)42-34-35-55-51(37-42)46-26-9-8-25-45(46)47-27-11-14-31-52(47)59(55)53-32-15-12-28-48(53)49-29-13-16-33-54(49)59/h1-38H. The van der Waals surface area contributed by atoms with E-state index in [0.29, 0.717) is 5.82 Å². The van der Waals surface area contributed by atoms with Crippen molar-refractivity contribution in [3.63, 3.8) is 0 Å². The van der Waals surface area contributed by atoms with Crippen molar-refractivity contribution in [2.45, 2.75) is 5.41 Å². The summed E-state index contributed by atoms with van der Waals surface area (Å²) in [6.45, 7) is 0. The highest BCUT2D eigenvalue weighted by molar-refractivity contribution is 5.98. The first-order chi connectivity index (χ1) is 30.3. The van der Waals surface area contributed by atoms with E-state index in [4.69, 9.17) is 9.97 Å². The van der Waals surface area contributed by atoms with Gasteiger partial charge in [-0.2, -0.15) is 0 Å². The predicted molar refractivity (Wildman–Crippen MR) is 251 cm³/mol. The van der Waals surface area contributed by atoms with Crippen molar-refractivity contribution in [2.75, 3.05) is 0 Å². The summed E-state index contributed by atoms with van der Waals surface area (Å²) in [5.74, 6) is 0.686. The monoisotopic (exact) mass is 774 g/mol. The summed E-state index contributed by atoms with van der Waals surface area (Å²) in [5, 5.41) is 0. The Morgan fingerprint density at radius 3 is 1.31 bits per heavy atom. The fourth-order valence-electron chi connectivity index (χ4n) is 10.1. The van der Waals surface area contributed by atoms with Gasteiger partial charge in [-0.25, -0.2) is 9.97 Å². The minimum Gasteiger partial charge on any atom is -0.228 e. The van der Waals surface area contributed by atoms with Crippen LogP contribution < -0.4 is 0 Å². The lowest BCUT2D eigenvalue weighted by Crippen LogP contribution is -2.29. The third-order valence-electron chi connectivity index (χ3n) is 12.8. The maximum Gasteiger partial charge on any atom is 0.160 e. The molecule has 2 aliphatic rings. The third-order valence-corrected chi connectivity index (χ3v) is 12.8. The van der Waals surface area contributed by atoms with Crippen molar-refractivity contribution in [2.24, 2.45) is 0 Å². The van der Waals surface area contributed by atoms with Crippen LogP contribution in [0.15, 0.2) is 231 Å². The van der Waals surface area contributed by atoms with Crippen LogP contribution >= 0.6 is 0 Å². The van der Waals surface area contributed by atoms with E-state index in [9.17, 15) is 0 Å². The molecular formula is C59H38N2. The van der Waals surface area contributed by atoms with E-state index in [0.717, 1.165) is 50.3 Å². The maximum atomic E-state index is 5.45. The Morgan fingerprint density at radius 2 is 0.672 bits per heavy atom. The van der Waals surface area contributed by atoms with Gasteiger partial charge in [0.1, 0.15) is 0 Å². The van der Waals surface area contributed by atoms with E-state index in [1.54, 1.807) is 0 Å². The van der Waals surface area contributed by atoms with Crippen LogP contribution in [0.25, 0.3) is 89.5 Å². The van der Waals surface area contributed by atoms with Crippen molar-refractivity contribution in [1.29, 1.82) is 0 Å². The molecule has 10 aromatic rings. The molecule has 0 radical (unpaired) electrons. The number of rotatable bonds is 5. The van der Waals surface area contributed by atoms with Crippen LogP contribution in [-0.2, 0) is 5.41 Å². The number of hydrogen-bond acceptors (Lipinski definition) is 2. The van der Waals surface area contributed by atoms with Crippen LogP contribution in [0.2, 0.25) is 0 Å². The van der Waals surface area contributed by atoms with Crippen LogP contribution in [0.5, 0.6) is 0 Å². The van der Waals surface area contributed by atoms with Gasteiger partial charge in [-0.1, -0.05) is 212 Å². The van der Waals surface area contributed by atoms with Gasteiger partial charge in [0.2, 0.25) is 0 Å². The molecule has 0 atom stereocenters. The van der Waals surface area contributed by atoms with Gasteiger partial charge < -0.3 is 0 Å². The molecule has 0 amide bonds. The van der Waals surface area contributed by atoms with E-state index in [2.05, 4.69) is 231 Å². The lowest BCUT2D eigenvalue weighted by atomic mass is 9.66. The fraction of sp³-hybridized carbons (Fsp3) is 0.0169. The largest absolute Gasteiger partial charge is 0.228 e.